The molecule has 0 bridgehead atoms. The van der Waals surface area contributed by atoms with Crippen LogP contribution in [0.25, 0.3) is 10.2 Å². The maximum Gasteiger partial charge on any atom is 0.330 e. The standard InChI is InChI=1S/C14H15NO4S2/c1-3-19-13(16)8-10(2)9-21(17,18)14-15-11-6-4-5-7-12(11)20-14/h4-8H,3,9H2,1-2H3. The minimum absolute atomic E-state index is 0.0697. The Labute approximate surface area is 127 Å². The van der Waals surface area contributed by atoms with E-state index in [-0.39, 0.29) is 16.7 Å². The highest BCUT2D eigenvalue weighted by Gasteiger charge is 2.20. The number of sulfone groups is 1. The van der Waals surface area contributed by atoms with E-state index in [0.717, 1.165) is 16.0 Å². The van der Waals surface area contributed by atoms with Crippen LogP contribution in [0.2, 0.25) is 0 Å². The zero-order chi connectivity index (χ0) is 15.5. The first kappa shape index (κ1) is 15.7. The van der Waals surface area contributed by atoms with Crippen LogP contribution in [0.3, 0.4) is 0 Å². The number of aromatic nitrogens is 1. The van der Waals surface area contributed by atoms with E-state index in [9.17, 15) is 13.2 Å². The van der Waals surface area contributed by atoms with Crippen molar-refractivity contribution in [2.75, 3.05) is 12.4 Å². The largest absolute Gasteiger partial charge is 0.463 e. The van der Waals surface area contributed by atoms with Crippen LogP contribution in [-0.4, -0.2) is 31.7 Å². The highest BCUT2D eigenvalue weighted by molar-refractivity contribution is 7.93. The van der Waals surface area contributed by atoms with Crippen LogP contribution in [0.5, 0.6) is 0 Å². The molecule has 0 saturated carbocycles. The lowest BCUT2D eigenvalue weighted by Crippen LogP contribution is -2.09. The Morgan fingerprint density at radius 2 is 2.10 bits per heavy atom. The van der Waals surface area contributed by atoms with Gasteiger partial charge in [0.05, 0.1) is 22.6 Å². The normalized spacial score (nSPS) is 12.6. The van der Waals surface area contributed by atoms with Gasteiger partial charge in [-0.15, -0.1) is 11.3 Å². The van der Waals surface area contributed by atoms with Crippen LogP contribution >= 0.6 is 11.3 Å². The molecule has 112 valence electrons. The van der Waals surface area contributed by atoms with Crippen molar-refractivity contribution in [3.63, 3.8) is 0 Å². The van der Waals surface area contributed by atoms with E-state index >= 15 is 0 Å². The Hall–Kier alpha value is -1.73. The lowest BCUT2D eigenvalue weighted by molar-refractivity contribution is -0.137. The van der Waals surface area contributed by atoms with Gasteiger partial charge in [0.25, 0.3) is 0 Å². The molecule has 0 aliphatic rings. The number of thiazole rings is 1. The minimum atomic E-state index is -3.55. The zero-order valence-corrected chi connectivity index (χ0v) is 13.3. The SMILES string of the molecule is CCOC(=O)C=C(C)CS(=O)(=O)c1nc2ccccc2s1. The number of carbonyl (C=O) groups excluding carboxylic acids is 1. The Morgan fingerprint density at radius 3 is 2.76 bits per heavy atom. The average molecular weight is 325 g/mol. The summed E-state index contributed by atoms with van der Waals surface area (Å²) in [6.07, 6.45) is 1.20. The summed E-state index contributed by atoms with van der Waals surface area (Å²) in [6, 6.07) is 7.24. The van der Waals surface area contributed by atoms with Crippen molar-refractivity contribution in [2.24, 2.45) is 0 Å². The summed E-state index contributed by atoms with van der Waals surface area (Å²) in [7, 11) is -3.55. The van der Waals surface area contributed by atoms with Gasteiger partial charge in [-0.3, -0.25) is 0 Å². The van der Waals surface area contributed by atoms with Crippen LogP contribution in [0.15, 0.2) is 40.3 Å². The van der Waals surface area contributed by atoms with Gasteiger partial charge >= 0.3 is 5.97 Å². The fourth-order valence-electron chi connectivity index (χ4n) is 1.77. The van der Waals surface area contributed by atoms with Crippen LogP contribution < -0.4 is 0 Å². The van der Waals surface area contributed by atoms with E-state index in [4.69, 9.17) is 4.74 Å². The molecule has 0 radical (unpaired) electrons. The van der Waals surface area contributed by atoms with Gasteiger partial charge in [0.2, 0.25) is 14.2 Å². The molecule has 5 nitrogen and oxygen atoms in total. The van der Waals surface area contributed by atoms with E-state index in [1.807, 2.05) is 18.2 Å². The molecule has 0 aliphatic carbocycles. The predicted molar refractivity (Wildman–Crippen MR) is 82.1 cm³/mol. The smallest absolute Gasteiger partial charge is 0.330 e. The Bertz CT molecular complexity index is 757. The van der Waals surface area contributed by atoms with Crippen molar-refractivity contribution < 1.29 is 17.9 Å². The molecule has 1 heterocycles. The van der Waals surface area contributed by atoms with Gasteiger partial charge in [0.15, 0.2) is 0 Å². The van der Waals surface area contributed by atoms with Gasteiger partial charge in [-0.25, -0.2) is 18.2 Å². The molecule has 0 atom stereocenters. The molecule has 1 aromatic heterocycles. The molecule has 0 unspecified atom stereocenters. The van der Waals surface area contributed by atoms with E-state index in [2.05, 4.69) is 4.98 Å². The van der Waals surface area contributed by atoms with Crippen molar-refractivity contribution in [1.82, 2.24) is 4.98 Å². The number of fused-ring (bicyclic) bond motifs is 1. The van der Waals surface area contributed by atoms with Crippen molar-refractivity contribution in [3.8, 4) is 0 Å². The van der Waals surface area contributed by atoms with Gasteiger partial charge in [-0.05, 0) is 26.0 Å². The molecule has 0 spiro atoms. The van der Waals surface area contributed by atoms with Gasteiger partial charge in [0.1, 0.15) is 0 Å². The first-order valence-electron chi connectivity index (χ1n) is 6.34. The molecular formula is C14H15NO4S2. The summed E-state index contributed by atoms with van der Waals surface area (Å²) in [4.78, 5) is 15.5. The molecular weight excluding hydrogens is 310 g/mol. The molecule has 2 aromatic rings. The Kier molecular flexibility index (Phi) is 4.74. The number of hydrogen-bond donors (Lipinski definition) is 0. The maximum absolute atomic E-state index is 12.3. The van der Waals surface area contributed by atoms with E-state index in [1.165, 1.54) is 6.08 Å². The average Bonchev–Trinajstić information content (AvgIpc) is 2.82. The Balaban J connectivity index is 2.24. The predicted octanol–water partition coefficient (Wildman–Crippen LogP) is 2.58. The van der Waals surface area contributed by atoms with E-state index in [1.54, 1.807) is 19.9 Å². The molecule has 0 amide bonds. The summed E-state index contributed by atoms with van der Waals surface area (Å²) < 4.78 is 30.3. The first-order chi connectivity index (χ1) is 9.92. The van der Waals surface area contributed by atoms with Crippen molar-refractivity contribution >= 4 is 37.4 Å². The number of ether oxygens (including phenoxy) is 1. The second kappa shape index (κ2) is 6.36. The number of nitrogens with zero attached hydrogens (tertiary/aromatic N) is 1. The second-order valence-electron chi connectivity index (χ2n) is 4.45. The molecule has 1 aromatic carbocycles. The number of para-hydroxylation sites is 1. The third-order valence-corrected chi connectivity index (χ3v) is 5.91. The summed E-state index contributed by atoms with van der Waals surface area (Å²) in [5.41, 5.74) is 1.08. The van der Waals surface area contributed by atoms with Gasteiger partial charge in [0, 0.05) is 6.08 Å². The molecule has 0 aliphatic heterocycles. The van der Waals surface area contributed by atoms with Crippen molar-refractivity contribution in [1.29, 1.82) is 0 Å². The van der Waals surface area contributed by atoms with Crippen LogP contribution in [0, 0.1) is 0 Å². The number of rotatable bonds is 5. The number of carbonyl (C=O) groups is 1. The fraction of sp³-hybridized carbons (Fsp3) is 0.286. The van der Waals surface area contributed by atoms with Gasteiger partial charge in [-0.1, -0.05) is 17.7 Å². The first-order valence-corrected chi connectivity index (χ1v) is 8.81. The summed E-state index contributed by atoms with van der Waals surface area (Å²) in [6.45, 7) is 3.54. The number of esters is 1. The third kappa shape index (κ3) is 3.89. The van der Waals surface area contributed by atoms with Crippen molar-refractivity contribution in [2.45, 2.75) is 18.2 Å². The highest BCUT2D eigenvalue weighted by Crippen LogP contribution is 2.26. The maximum atomic E-state index is 12.3. The number of hydrogen-bond acceptors (Lipinski definition) is 6. The van der Waals surface area contributed by atoms with Gasteiger partial charge < -0.3 is 4.74 Å². The van der Waals surface area contributed by atoms with Crippen molar-refractivity contribution in [3.05, 3.63) is 35.9 Å². The molecule has 0 fully saturated rings. The van der Waals surface area contributed by atoms with Gasteiger partial charge in [-0.2, -0.15) is 0 Å². The quantitative estimate of drug-likeness (QED) is 0.624. The summed E-state index contributed by atoms with van der Waals surface area (Å²) in [5.74, 6) is -0.777. The molecule has 7 heteroatoms. The lowest BCUT2D eigenvalue weighted by atomic mass is 10.3. The van der Waals surface area contributed by atoms with Crippen LogP contribution in [0.4, 0.5) is 0 Å². The molecule has 21 heavy (non-hydrogen) atoms. The van der Waals surface area contributed by atoms with Crippen LogP contribution in [0.1, 0.15) is 13.8 Å². The van der Waals surface area contributed by atoms with E-state index < -0.39 is 15.8 Å². The molecule has 0 saturated heterocycles. The topological polar surface area (TPSA) is 73.3 Å². The minimum Gasteiger partial charge on any atom is -0.463 e. The lowest BCUT2D eigenvalue weighted by Gasteiger charge is -2.01. The fourth-order valence-corrected chi connectivity index (χ4v) is 4.47. The summed E-state index contributed by atoms with van der Waals surface area (Å²) in [5, 5.41) is 0. The highest BCUT2D eigenvalue weighted by atomic mass is 32.2. The molecule has 0 N–H and O–H groups in total. The Morgan fingerprint density at radius 1 is 1.38 bits per heavy atom. The summed E-state index contributed by atoms with van der Waals surface area (Å²) >= 11 is 1.13. The van der Waals surface area contributed by atoms with E-state index in [0.29, 0.717) is 11.1 Å². The molecule has 2 rings (SSSR count). The third-order valence-electron chi connectivity index (χ3n) is 2.61. The monoisotopic (exact) mass is 325 g/mol. The second-order valence-corrected chi connectivity index (χ2v) is 7.64. The zero-order valence-electron chi connectivity index (χ0n) is 11.7. The van der Waals surface area contributed by atoms with Crippen LogP contribution in [-0.2, 0) is 19.4 Å². The number of benzene rings is 1.